The second-order valence-corrected chi connectivity index (χ2v) is 5.62. The van der Waals surface area contributed by atoms with Crippen LogP contribution in [0.3, 0.4) is 0 Å². The average molecular weight is 288 g/mol. The molecule has 0 spiro atoms. The summed E-state index contributed by atoms with van der Waals surface area (Å²) in [5.74, 6) is -0.490. The number of aliphatic hydroxyl groups excluding tert-OH is 1. The molecule has 110 valence electrons. The van der Waals surface area contributed by atoms with Crippen LogP contribution in [0, 0.1) is 11.7 Å². The van der Waals surface area contributed by atoms with Crippen molar-refractivity contribution in [1.82, 2.24) is 9.88 Å². The minimum Gasteiger partial charge on any atom is -0.391 e. The summed E-state index contributed by atoms with van der Waals surface area (Å²) in [7, 11) is 1.62. The monoisotopic (exact) mass is 288 g/mol. The highest BCUT2D eigenvalue weighted by atomic mass is 19.1. The van der Waals surface area contributed by atoms with Crippen LogP contribution in [0.4, 0.5) is 4.39 Å². The third-order valence-electron chi connectivity index (χ3n) is 3.87. The van der Waals surface area contributed by atoms with E-state index in [1.165, 1.54) is 17.0 Å². The van der Waals surface area contributed by atoms with Crippen molar-refractivity contribution in [1.29, 1.82) is 0 Å². The Morgan fingerprint density at radius 1 is 1.52 bits per heavy atom. The number of benzene rings is 1. The zero-order valence-corrected chi connectivity index (χ0v) is 11.8. The zero-order valence-electron chi connectivity index (χ0n) is 11.8. The highest BCUT2D eigenvalue weighted by Crippen LogP contribution is 2.33. The van der Waals surface area contributed by atoms with Crippen molar-refractivity contribution < 1.29 is 14.3 Å². The van der Waals surface area contributed by atoms with Crippen LogP contribution in [-0.4, -0.2) is 40.6 Å². The molecule has 0 bridgehead atoms. The number of carbonyl (C=O) groups excluding carboxylic acids is 1. The number of aliphatic hydroxyl groups is 1. The van der Waals surface area contributed by atoms with E-state index in [9.17, 15) is 14.3 Å². The predicted octanol–water partition coefficient (Wildman–Crippen LogP) is 2.22. The van der Waals surface area contributed by atoms with Crippen molar-refractivity contribution in [2.75, 3.05) is 13.6 Å². The first kappa shape index (κ1) is 13.9. The minimum absolute atomic E-state index is 0.232. The largest absolute Gasteiger partial charge is 0.391 e. The first-order chi connectivity index (χ1) is 10.1. The summed E-state index contributed by atoms with van der Waals surface area (Å²) in [5.41, 5.74) is 0.716. The van der Waals surface area contributed by atoms with Crippen molar-refractivity contribution in [2.45, 2.75) is 18.9 Å². The van der Waals surface area contributed by atoms with Gasteiger partial charge in [0.15, 0.2) is 0 Å². The quantitative estimate of drug-likeness (QED) is 0.938. The summed E-state index contributed by atoms with van der Waals surface area (Å²) in [6.07, 6.45) is 3.09. The van der Waals surface area contributed by atoms with Crippen LogP contribution in [0.15, 0.2) is 30.5 Å². The van der Waals surface area contributed by atoms with Crippen molar-refractivity contribution in [3.8, 4) is 0 Å². The third kappa shape index (κ3) is 2.88. The fourth-order valence-electron chi connectivity index (χ4n) is 2.52. The van der Waals surface area contributed by atoms with E-state index >= 15 is 0 Å². The van der Waals surface area contributed by atoms with Crippen LogP contribution in [0.2, 0.25) is 0 Å². The van der Waals surface area contributed by atoms with Gasteiger partial charge in [0.25, 0.3) is 5.91 Å². The third-order valence-corrected chi connectivity index (χ3v) is 3.87. The molecule has 1 N–H and O–H groups in total. The average Bonchev–Trinajstić information content (AvgIpc) is 3.30. The van der Waals surface area contributed by atoms with Crippen molar-refractivity contribution >= 4 is 16.8 Å². The molecule has 0 aliphatic heterocycles. The number of carbonyl (C=O) groups is 1. The number of pyridine rings is 1. The smallest absolute Gasteiger partial charge is 0.256 e. The topological polar surface area (TPSA) is 53.4 Å². The predicted molar refractivity (Wildman–Crippen MR) is 77.4 cm³/mol. The van der Waals surface area contributed by atoms with Gasteiger partial charge in [-0.3, -0.25) is 9.78 Å². The van der Waals surface area contributed by atoms with E-state index in [0.29, 0.717) is 16.8 Å². The number of likely N-dealkylation sites (N-methyl/N-ethyl adjacent to an activating group) is 1. The molecule has 1 saturated carbocycles. The molecule has 1 fully saturated rings. The fraction of sp³-hybridized carbons (Fsp3) is 0.375. The van der Waals surface area contributed by atoms with Crippen LogP contribution in [-0.2, 0) is 0 Å². The molecule has 2 aromatic rings. The van der Waals surface area contributed by atoms with Crippen molar-refractivity contribution in [3.05, 3.63) is 41.8 Å². The molecule has 5 heteroatoms. The van der Waals surface area contributed by atoms with E-state index in [2.05, 4.69) is 4.98 Å². The summed E-state index contributed by atoms with van der Waals surface area (Å²) >= 11 is 0. The van der Waals surface area contributed by atoms with Gasteiger partial charge in [0.1, 0.15) is 5.82 Å². The van der Waals surface area contributed by atoms with Gasteiger partial charge < -0.3 is 10.0 Å². The van der Waals surface area contributed by atoms with Gasteiger partial charge in [-0.15, -0.1) is 0 Å². The second-order valence-electron chi connectivity index (χ2n) is 5.62. The molecule has 1 aromatic carbocycles. The molecule has 1 unspecified atom stereocenters. The fourth-order valence-corrected chi connectivity index (χ4v) is 2.52. The first-order valence-corrected chi connectivity index (χ1v) is 7.04. The maximum atomic E-state index is 13.7. The number of aromatic nitrogens is 1. The van der Waals surface area contributed by atoms with Crippen molar-refractivity contribution in [3.63, 3.8) is 0 Å². The van der Waals surface area contributed by atoms with Gasteiger partial charge >= 0.3 is 0 Å². The zero-order chi connectivity index (χ0) is 15.0. The molecule has 0 radical (unpaired) electrons. The maximum Gasteiger partial charge on any atom is 0.256 e. The molecule has 1 heterocycles. The van der Waals surface area contributed by atoms with Crippen LogP contribution in [0.1, 0.15) is 23.2 Å². The van der Waals surface area contributed by atoms with Crippen molar-refractivity contribution in [2.24, 2.45) is 5.92 Å². The Hall–Kier alpha value is -2.01. The molecule has 1 aliphatic rings. The van der Waals surface area contributed by atoms with Crippen LogP contribution >= 0.6 is 0 Å². The van der Waals surface area contributed by atoms with Gasteiger partial charge in [0.2, 0.25) is 0 Å². The molecule has 21 heavy (non-hydrogen) atoms. The molecule has 3 rings (SSSR count). The van der Waals surface area contributed by atoms with E-state index in [1.807, 2.05) is 0 Å². The molecule has 1 amide bonds. The highest BCUT2D eigenvalue weighted by molar-refractivity contribution is 6.05. The summed E-state index contributed by atoms with van der Waals surface area (Å²) < 4.78 is 13.7. The molecule has 4 nitrogen and oxygen atoms in total. The van der Waals surface area contributed by atoms with Gasteiger partial charge in [-0.2, -0.15) is 0 Å². The summed E-state index contributed by atoms with van der Waals surface area (Å²) in [5, 5.41) is 10.5. The van der Waals surface area contributed by atoms with Gasteiger partial charge in [-0.25, -0.2) is 4.39 Å². The summed E-state index contributed by atoms with van der Waals surface area (Å²) in [6.45, 7) is 0.258. The van der Waals surface area contributed by atoms with E-state index in [1.54, 1.807) is 25.4 Å². The molecule has 1 atom stereocenters. The molecule has 1 aliphatic carbocycles. The number of halogens is 1. The normalized spacial score (nSPS) is 16.0. The lowest BCUT2D eigenvalue weighted by atomic mass is 10.1. The SMILES string of the molecule is CN(CC(O)C1CC1)C(=O)c1cc(F)cc2cccnc12. The molecule has 1 aromatic heterocycles. The summed E-state index contributed by atoms with van der Waals surface area (Å²) in [4.78, 5) is 18.1. The number of nitrogens with zero attached hydrogens (tertiary/aromatic N) is 2. The van der Waals surface area contributed by atoms with Gasteiger partial charge in [0, 0.05) is 25.2 Å². The standard InChI is InChI=1S/C16H17FN2O2/c1-19(9-14(20)10-4-5-10)16(21)13-8-12(17)7-11-3-2-6-18-15(11)13/h2-3,6-8,10,14,20H,4-5,9H2,1H3. The Morgan fingerprint density at radius 3 is 3.00 bits per heavy atom. The number of hydrogen-bond acceptors (Lipinski definition) is 3. The summed E-state index contributed by atoms with van der Waals surface area (Å²) in [6, 6.07) is 5.99. The molecular weight excluding hydrogens is 271 g/mol. The lowest BCUT2D eigenvalue weighted by molar-refractivity contribution is 0.0646. The number of rotatable bonds is 4. The van der Waals surface area contributed by atoms with E-state index in [4.69, 9.17) is 0 Å². The van der Waals surface area contributed by atoms with Gasteiger partial charge in [-0.1, -0.05) is 6.07 Å². The van der Waals surface area contributed by atoms with Gasteiger partial charge in [0.05, 0.1) is 17.2 Å². The first-order valence-electron chi connectivity index (χ1n) is 7.04. The molecular formula is C16H17FN2O2. The van der Waals surface area contributed by atoms with Crippen LogP contribution < -0.4 is 0 Å². The Labute approximate surface area is 122 Å². The Morgan fingerprint density at radius 2 is 2.29 bits per heavy atom. The Kier molecular flexibility index (Phi) is 3.59. The number of amides is 1. The second kappa shape index (κ2) is 5.41. The van der Waals surface area contributed by atoms with Gasteiger partial charge in [-0.05, 0) is 37.0 Å². The maximum absolute atomic E-state index is 13.7. The van der Waals surface area contributed by atoms with E-state index in [0.717, 1.165) is 12.8 Å². The highest BCUT2D eigenvalue weighted by Gasteiger charge is 2.31. The number of hydrogen-bond donors (Lipinski definition) is 1. The van der Waals surface area contributed by atoms with Crippen LogP contribution in [0.25, 0.3) is 10.9 Å². The Balaban J connectivity index is 1.89. The minimum atomic E-state index is -0.508. The van der Waals surface area contributed by atoms with Crippen LogP contribution in [0.5, 0.6) is 0 Å². The number of fused-ring (bicyclic) bond motifs is 1. The lowest BCUT2D eigenvalue weighted by Crippen LogP contribution is -2.35. The van der Waals surface area contributed by atoms with E-state index in [-0.39, 0.29) is 18.0 Å². The van der Waals surface area contributed by atoms with E-state index < -0.39 is 11.9 Å². The molecule has 0 saturated heterocycles. The Bertz CT molecular complexity index is 685. The lowest BCUT2D eigenvalue weighted by Gasteiger charge is -2.21.